The highest BCUT2D eigenvalue weighted by Gasteiger charge is 2.42. The smallest absolute Gasteiger partial charge is 0.496 e. The zero-order valence-corrected chi connectivity index (χ0v) is 16.3. The van der Waals surface area contributed by atoms with Gasteiger partial charge in [-0.05, 0) is 55.6 Å². The monoisotopic (exact) mass is 406 g/mol. The molecule has 0 saturated carbocycles. The summed E-state index contributed by atoms with van der Waals surface area (Å²) in [7, 11) is 1.52. The molecule has 5 rings (SSSR count). The summed E-state index contributed by atoms with van der Waals surface area (Å²) in [5, 5.41) is 3.62. The summed E-state index contributed by atoms with van der Waals surface area (Å²) in [6, 6.07) is 15.1. The number of piperidine rings is 3. The lowest BCUT2D eigenvalue weighted by Crippen LogP contribution is -2.57. The average molecular weight is 406 g/mol. The van der Waals surface area contributed by atoms with E-state index in [4.69, 9.17) is 4.74 Å². The summed E-state index contributed by atoms with van der Waals surface area (Å²) in [6.07, 6.45) is -2.45. The Bertz CT molecular complexity index is 821. The minimum atomic E-state index is -4.71. The average Bonchev–Trinajstić information content (AvgIpc) is 2.72. The van der Waals surface area contributed by atoms with E-state index < -0.39 is 6.36 Å². The lowest BCUT2D eigenvalue weighted by molar-refractivity contribution is -0.274. The summed E-state index contributed by atoms with van der Waals surface area (Å²) in [4.78, 5) is 2.51. The van der Waals surface area contributed by atoms with Gasteiger partial charge in [0.1, 0.15) is 11.5 Å². The Kier molecular flexibility index (Phi) is 5.69. The third-order valence-corrected chi connectivity index (χ3v) is 5.97. The molecule has 0 aromatic heterocycles. The highest BCUT2D eigenvalue weighted by molar-refractivity contribution is 5.40. The molecule has 2 bridgehead atoms. The molecule has 2 aromatic carbocycles. The normalized spacial score (nSPS) is 26.3. The summed E-state index contributed by atoms with van der Waals surface area (Å²) in [5.74, 6) is 0.860. The van der Waals surface area contributed by atoms with Crippen LogP contribution in [0.2, 0.25) is 0 Å². The first-order valence-electron chi connectivity index (χ1n) is 9.89. The molecule has 1 N–H and O–H groups in total. The first-order valence-corrected chi connectivity index (χ1v) is 9.89. The number of ether oxygens (including phenoxy) is 2. The fourth-order valence-electron chi connectivity index (χ4n) is 4.71. The van der Waals surface area contributed by atoms with E-state index in [0.717, 1.165) is 25.9 Å². The Hall–Kier alpha value is -2.25. The lowest BCUT2D eigenvalue weighted by atomic mass is 9.76. The van der Waals surface area contributed by atoms with Crippen LogP contribution in [0.15, 0.2) is 48.5 Å². The van der Waals surface area contributed by atoms with Crippen LogP contribution in [0.1, 0.15) is 30.0 Å². The highest BCUT2D eigenvalue weighted by atomic mass is 19.4. The quantitative estimate of drug-likeness (QED) is 0.765. The SMILES string of the molecule is COc1ccc(OC(F)(F)F)cc1CNC1C2CCN(CC2)C1c1ccccc1. The predicted octanol–water partition coefficient (Wildman–Crippen LogP) is 4.52. The summed E-state index contributed by atoms with van der Waals surface area (Å²) in [6.45, 7) is 2.58. The van der Waals surface area contributed by atoms with Crippen molar-refractivity contribution in [2.45, 2.75) is 37.8 Å². The molecule has 0 radical (unpaired) electrons. The number of fused-ring (bicyclic) bond motifs is 3. The van der Waals surface area contributed by atoms with Gasteiger partial charge in [-0.1, -0.05) is 30.3 Å². The first-order chi connectivity index (χ1) is 13.9. The minimum Gasteiger partial charge on any atom is -0.496 e. The van der Waals surface area contributed by atoms with Gasteiger partial charge in [0.25, 0.3) is 0 Å². The van der Waals surface area contributed by atoms with E-state index in [0.29, 0.717) is 23.8 Å². The fraction of sp³-hybridized carbons (Fsp3) is 0.455. The van der Waals surface area contributed by atoms with Crippen LogP contribution >= 0.6 is 0 Å². The Labute approximate surface area is 168 Å². The van der Waals surface area contributed by atoms with Crippen molar-refractivity contribution in [1.82, 2.24) is 10.2 Å². The van der Waals surface area contributed by atoms with Crippen LogP contribution in [-0.2, 0) is 6.54 Å². The minimum absolute atomic E-state index is 0.233. The summed E-state index contributed by atoms with van der Waals surface area (Å²) >= 11 is 0. The molecule has 3 saturated heterocycles. The van der Waals surface area contributed by atoms with Gasteiger partial charge >= 0.3 is 6.36 Å². The molecule has 0 aliphatic carbocycles. The van der Waals surface area contributed by atoms with Crippen molar-refractivity contribution in [3.05, 3.63) is 59.7 Å². The number of halogens is 3. The van der Waals surface area contributed by atoms with Gasteiger partial charge in [0.15, 0.2) is 0 Å². The second-order valence-electron chi connectivity index (χ2n) is 7.66. The zero-order valence-electron chi connectivity index (χ0n) is 16.3. The van der Waals surface area contributed by atoms with Crippen molar-refractivity contribution in [3.63, 3.8) is 0 Å². The molecule has 0 spiro atoms. The molecule has 0 amide bonds. The third kappa shape index (κ3) is 4.51. The van der Waals surface area contributed by atoms with Crippen LogP contribution in [-0.4, -0.2) is 37.5 Å². The standard InChI is InChI=1S/C22H25F3N2O2/c1-28-19-8-7-18(29-22(23,24)25)13-17(19)14-26-20-15-9-11-27(12-10-15)21(20)16-5-3-2-4-6-16/h2-8,13,15,20-21,26H,9-12,14H2,1H3. The van der Waals surface area contributed by atoms with Crippen molar-refractivity contribution >= 4 is 0 Å². The lowest BCUT2D eigenvalue weighted by Gasteiger charge is -2.51. The molecule has 7 heteroatoms. The van der Waals surface area contributed by atoms with Crippen LogP contribution in [0.4, 0.5) is 13.2 Å². The number of alkyl halides is 3. The molecule has 2 aromatic rings. The van der Waals surface area contributed by atoms with E-state index >= 15 is 0 Å². The Morgan fingerprint density at radius 3 is 2.45 bits per heavy atom. The van der Waals surface area contributed by atoms with Gasteiger partial charge in [-0.2, -0.15) is 0 Å². The van der Waals surface area contributed by atoms with Crippen LogP contribution in [0.3, 0.4) is 0 Å². The maximum atomic E-state index is 12.6. The largest absolute Gasteiger partial charge is 0.573 e. The van der Waals surface area contributed by atoms with Crippen molar-refractivity contribution < 1.29 is 22.6 Å². The number of hydrogen-bond donors (Lipinski definition) is 1. The number of hydrogen-bond acceptors (Lipinski definition) is 4. The molecular formula is C22H25F3N2O2. The first kappa shape index (κ1) is 20.0. The van der Waals surface area contributed by atoms with Crippen LogP contribution < -0.4 is 14.8 Å². The maximum Gasteiger partial charge on any atom is 0.573 e. The van der Waals surface area contributed by atoms with Gasteiger partial charge in [0, 0.05) is 18.2 Å². The number of nitrogens with zero attached hydrogens (tertiary/aromatic N) is 1. The second kappa shape index (κ2) is 8.24. The summed E-state index contributed by atoms with van der Waals surface area (Å²) < 4.78 is 47.2. The summed E-state index contributed by atoms with van der Waals surface area (Å²) in [5.41, 5.74) is 1.92. The zero-order chi connectivity index (χ0) is 20.4. The number of methoxy groups -OCH3 is 1. The van der Waals surface area contributed by atoms with E-state index in [1.54, 1.807) is 0 Å². The maximum absolute atomic E-state index is 12.6. The molecule has 3 aliphatic rings. The van der Waals surface area contributed by atoms with Crippen molar-refractivity contribution in [2.75, 3.05) is 20.2 Å². The van der Waals surface area contributed by atoms with E-state index in [-0.39, 0.29) is 17.8 Å². The third-order valence-electron chi connectivity index (χ3n) is 5.97. The fourth-order valence-corrected chi connectivity index (χ4v) is 4.71. The van der Waals surface area contributed by atoms with Gasteiger partial charge in [0.2, 0.25) is 0 Å². The van der Waals surface area contributed by atoms with E-state index in [1.165, 1.54) is 30.9 Å². The van der Waals surface area contributed by atoms with Crippen LogP contribution in [0, 0.1) is 5.92 Å². The van der Waals surface area contributed by atoms with Crippen LogP contribution in [0.5, 0.6) is 11.5 Å². The Morgan fingerprint density at radius 1 is 1.07 bits per heavy atom. The topological polar surface area (TPSA) is 33.7 Å². The highest BCUT2D eigenvalue weighted by Crippen LogP contribution is 2.41. The molecule has 3 aliphatic heterocycles. The molecule has 3 heterocycles. The van der Waals surface area contributed by atoms with E-state index in [9.17, 15) is 13.2 Å². The van der Waals surface area contributed by atoms with Gasteiger partial charge in [-0.3, -0.25) is 4.90 Å². The molecule has 2 unspecified atom stereocenters. The van der Waals surface area contributed by atoms with Crippen molar-refractivity contribution in [3.8, 4) is 11.5 Å². The molecule has 2 atom stereocenters. The van der Waals surface area contributed by atoms with Crippen molar-refractivity contribution in [1.29, 1.82) is 0 Å². The van der Waals surface area contributed by atoms with Crippen molar-refractivity contribution in [2.24, 2.45) is 5.92 Å². The van der Waals surface area contributed by atoms with E-state index in [1.807, 2.05) is 6.07 Å². The number of rotatable bonds is 6. The Balaban J connectivity index is 1.54. The van der Waals surface area contributed by atoms with Gasteiger partial charge in [0.05, 0.1) is 13.2 Å². The molecule has 3 fully saturated rings. The number of benzene rings is 2. The molecule has 4 nitrogen and oxygen atoms in total. The predicted molar refractivity (Wildman–Crippen MR) is 104 cm³/mol. The van der Waals surface area contributed by atoms with Crippen LogP contribution in [0.25, 0.3) is 0 Å². The Morgan fingerprint density at radius 2 is 1.79 bits per heavy atom. The molecule has 29 heavy (non-hydrogen) atoms. The molecular weight excluding hydrogens is 381 g/mol. The van der Waals surface area contributed by atoms with Gasteiger partial charge in [-0.25, -0.2) is 0 Å². The number of nitrogens with one attached hydrogen (secondary N) is 1. The molecule has 156 valence electrons. The van der Waals surface area contributed by atoms with Gasteiger partial charge < -0.3 is 14.8 Å². The second-order valence-corrected chi connectivity index (χ2v) is 7.66. The van der Waals surface area contributed by atoms with E-state index in [2.05, 4.69) is 39.2 Å². The van der Waals surface area contributed by atoms with Gasteiger partial charge in [-0.15, -0.1) is 13.2 Å².